The maximum Gasteiger partial charge on any atom is 0.337 e. The van der Waals surface area contributed by atoms with Crippen molar-refractivity contribution in [2.75, 3.05) is 11.1 Å². The Morgan fingerprint density at radius 1 is 1.72 bits per heavy atom. The highest BCUT2D eigenvalue weighted by atomic mass is 32.2. The van der Waals surface area contributed by atoms with Crippen molar-refractivity contribution in [1.82, 2.24) is 0 Å². The maximum absolute atomic E-state index is 11.4. The summed E-state index contributed by atoms with van der Waals surface area (Å²) in [7, 11) is 0. The number of hydrogen-bond acceptors (Lipinski definition) is 6. The van der Waals surface area contributed by atoms with Crippen LogP contribution in [0.5, 0.6) is 0 Å². The number of thioether (sulfide) groups is 1. The van der Waals surface area contributed by atoms with Gasteiger partial charge in [0.2, 0.25) is 5.88 Å². The first-order valence-corrected chi connectivity index (χ1v) is 6.57. The highest BCUT2D eigenvalue weighted by Gasteiger charge is 2.25. The van der Waals surface area contributed by atoms with E-state index >= 15 is 0 Å². The van der Waals surface area contributed by atoms with Crippen molar-refractivity contribution in [2.24, 2.45) is 4.99 Å². The third-order valence-electron chi connectivity index (χ3n) is 2.52. The molecule has 2 rings (SSSR count). The topological polar surface area (TPSA) is 74.8 Å². The van der Waals surface area contributed by atoms with E-state index in [-0.39, 0.29) is 5.88 Å². The van der Waals surface area contributed by atoms with Gasteiger partial charge in [-0.25, -0.2) is 9.79 Å². The number of aliphatic hydroxyl groups excluding tert-OH is 1. The lowest BCUT2D eigenvalue weighted by molar-refractivity contribution is 0.184. The molecule has 5 nitrogen and oxygen atoms in total. The van der Waals surface area contributed by atoms with Crippen LogP contribution < -0.4 is 10.9 Å². The summed E-state index contributed by atoms with van der Waals surface area (Å²) in [6, 6.07) is 1.39. The lowest BCUT2D eigenvalue weighted by Gasteiger charge is -2.21. The molecular formula is C12H14N2O3S. The lowest BCUT2D eigenvalue weighted by Crippen LogP contribution is -2.21. The van der Waals surface area contributed by atoms with Crippen LogP contribution >= 0.6 is 11.8 Å². The Hall–Kier alpha value is -1.53. The summed E-state index contributed by atoms with van der Waals surface area (Å²) in [6.45, 7) is 5.52. The van der Waals surface area contributed by atoms with Gasteiger partial charge >= 0.3 is 5.63 Å². The molecule has 0 saturated carbocycles. The Bertz CT molecular complexity index is 551. The average Bonchev–Trinajstić information content (AvgIpc) is 2.34. The summed E-state index contributed by atoms with van der Waals surface area (Å²) in [5.74, 6) is 0.944. The first-order chi connectivity index (χ1) is 8.65. The second kappa shape index (κ2) is 5.41. The van der Waals surface area contributed by atoms with E-state index in [0.29, 0.717) is 22.9 Å². The number of rotatable bonds is 3. The molecule has 1 aliphatic rings. The monoisotopic (exact) mass is 266 g/mol. The number of aliphatic imine (C=N–C) groups is 1. The van der Waals surface area contributed by atoms with E-state index in [4.69, 9.17) is 4.42 Å². The van der Waals surface area contributed by atoms with Crippen molar-refractivity contribution in [2.45, 2.75) is 19.6 Å². The van der Waals surface area contributed by atoms with Gasteiger partial charge in [-0.2, -0.15) is 0 Å². The lowest BCUT2D eigenvalue weighted by atomic mass is 10.1. The van der Waals surface area contributed by atoms with Crippen molar-refractivity contribution in [3.8, 4) is 0 Å². The van der Waals surface area contributed by atoms with Gasteiger partial charge in [-0.1, -0.05) is 24.8 Å². The van der Waals surface area contributed by atoms with E-state index in [1.54, 1.807) is 6.08 Å². The Labute approximate surface area is 109 Å². The molecule has 2 heterocycles. The summed E-state index contributed by atoms with van der Waals surface area (Å²) >= 11 is 1.38. The zero-order valence-corrected chi connectivity index (χ0v) is 10.8. The number of nitrogens with one attached hydrogen (secondary N) is 1. The first-order valence-electron chi connectivity index (χ1n) is 5.59. The SMILES string of the molecule is C=CCSC1=NC(O)c2c(CC)cc(=O)oc2N1. The molecule has 0 spiro atoms. The highest BCUT2D eigenvalue weighted by Crippen LogP contribution is 2.32. The Morgan fingerprint density at radius 3 is 3.17 bits per heavy atom. The van der Waals surface area contributed by atoms with Crippen LogP contribution in [0.3, 0.4) is 0 Å². The first kappa shape index (κ1) is 12.9. The number of anilines is 1. The quantitative estimate of drug-likeness (QED) is 0.817. The van der Waals surface area contributed by atoms with Crippen molar-refractivity contribution < 1.29 is 9.52 Å². The van der Waals surface area contributed by atoms with E-state index in [9.17, 15) is 9.90 Å². The minimum atomic E-state index is -0.993. The Kier molecular flexibility index (Phi) is 3.88. The maximum atomic E-state index is 11.4. The molecule has 18 heavy (non-hydrogen) atoms. The molecule has 0 bridgehead atoms. The largest absolute Gasteiger partial charge is 0.406 e. The second-order valence-corrected chi connectivity index (χ2v) is 4.73. The van der Waals surface area contributed by atoms with E-state index in [2.05, 4.69) is 16.9 Å². The van der Waals surface area contributed by atoms with Gasteiger partial charge in [0.25, 0.3) is 0 Å². The van der Waals surface area contributed by atoms with Gasteiger partial charge in [-0.3, -0.25) is 0 Å². The van der Waals surface area contributed by atoms with Crippen LogP contribution in [0.15, 0.2) is 32.9 Å². The van der Waals surface area contributed by atoms with Gasteiger partial charge in [-0.05, 0) is 12.0 Å². The molecule has 0 saturated heterocycles. The van der Waals surface area contributed by atoms with Gasteiger partial charge in [-0.15, -0.1) is 6.58 Å². The van der Waals surface area contributed by atoms with Gasteiger partial charge < -0.3 is 14.8 Å². The summed E-state index contributed by atoms with van der Waals surface area (Å²) in [4.78, 5) is 15.5. The van der Waals surface area contributed by atoms with Crippen LogP contribution in [0, 0.1) is 0 Å². The minimum absolute atomic E-state index is 0.286. The van der Waals surface area contributed by atoms with Crippen LogP contribution in [0.2, 0.25) is 0 Å². The molecule has 1 aromatic heterocycles. The molecular weight excluding hydrogens is 252 g/mol. The predicted octanol–water partition coefficient (Wildman–Crippen LogP) is 1.89. The molecule has 96 valence electrons. The van der Waals surface area contributed by atoms with E-state index < -0.39 is 11.9 Å². The zero-order chi connectivity index (χ0) is 13.1. The molecule has 0 aliphatic carbocycles. The Morgan fingerprint density at radius 2 is 2.50 bits per heavy atom. The molecule has 0 amide bonds. The van der Waals surface area contributed by atoms with E-state index in [1.807, 2.05) is 6.92 Å². The predicted molar refractivity (Wildman–Crippen MR) is 73.0 cm³/mol. The molecule has 0 radical (unpaired) electrons. The third kappa shape index (κ3) is 2.49. The number of aryl methyl sites for hydroxylation is 1. The van der Waals surface area contributed by atoms with Crippen molar-refractivity contribution in [3.63, 3.8) is 0 Å². The second-order valence-electron chi connectivity index (χ2n) is 3.72. The van der Waals surface area contributed by atoms with Gasteiger partial charge in [0.05, 0.1) is 5.56 Å². The van der Waals surface area contributed by atoms with Crippen LogP contribution in [-0.2, 0) is 6.42 Å². The van der Waals surface area contributed by atoms with Crippen molar-refractivity contribution in [3.05, 3.63) is 40.3 Å². The molecule has 1 aromatic rings. The van der Waals surface area contributed by atoms with E-state index in [0.717, 1.165) is 5.56 Å². The normalized spacial score (nSPS) is 17.7. The van der Waals surface area contributed by atoms with Crippen molar-refractivity contribution >= 4 is 22.8 Å². The molecule has 1 aliphatic heterocycles. The number of fused-ring (bicyclic) bond motifs is 1. The number of nitrogens with zero attached hydrogens (tertiary/aromatic N) is 1. The fraction of sp³-hybridized carbons (Fsp3) is 0.333. The van der Waals surface area contributed by atoms with Gasteiger partial charge in [0.1, 0.15) is 0 Å². The molecule has 1 atom stereocenters. The number of aliphatic hydroxyl groups is 1. The van der Waals surface area contributed by atoms with Crippen LogP contribution in [0.25, 0.3) is 0 Å². The van der Waals surface area contributed by atoms with E-state index in [1.165, 1.54) is 17.8 Å². The summed E-state index contributed by atoms with van der Waals surface area (Å²) in [5, 5.41) is 13.4. The van der Waals surface area contributed by atoms with Crippen LogP contribution in [0.1, 0.15) is 24.3 Å². The van der Waals surface area contributed by atoms with Gasteiger partial charge in [0.15, 0.2) is 11.4 Å². The average molecular weight is 266 g/mol. The van der Waals surface area contributed by atoms with Crippen LogP contribution in [-0.4, -0.2) is 16.0 Å². The minimum Gasteiger partial charge on any atom is -0.406 e. The summed E-state index contributed by atoms with van der Waals surface area (Å²) < 4.78 is 5.08. The van der Waals surface area contributed by atoms with Crippen LogP contribution in [0.4, 0.5) is 5.88 Å². The summed E-state index contributed by atoms with van der Waals surface area (Å²) in [5.41, 5.74) is 0.859. The number of hydrogen-bond donors (Lipinski definition) is 2. The zero-order valence-electron chi connectivity index (χ0n) is 9.97. The molecule has 0 fully saturated rings. The molecule has 2 N–H and O–H groups in total. The fourth-order valence-corrected chi connectivity index (χ4v) is 2.35. The Balaban J connectivity index is 2.38. The molecule has 0 aromatic carbocycles. The van der Waals surface area contributed by atoms with Gasteiger partial charge in [0, 0.05) is 11.8 Å². The third-order valence-corrected chi connectivity index (χ3v) is 3.41. The molecule has 1 unspecified atom stereocenters. The highest BCUT2D eigenvalue weighted by molar-refractivity contribution is 8.14. The smallest absolute Gasteiger partial charge is 0.337 e. The standard InChI is InChI=1S/C12H14N2O3S/c1-3-5-18-12-13-10(16)9-7(4-2)6-8(15)17-11(9)14-12/h3,6,10,16H,1,4-5H2,2H3,(H,13,14). The summed E-state index contributed by atoms with van der Waals surface area (Å²) in [6.07, 6.45) is 1.38. The number of amidine groups is 1. The molecule has 6 heteroatoms. The van der Waals surface area contributed by atoms with Crippen molar-refractivity contribution in [1.29, 1.82) is 0 Å². The fourth-order valence-electron chi connectivity index (χ4n) is 1.74.